The second-order valence-electron chi connectivity index (χ2n) is 12.7. The molecule has 5 heteroatoms. The summed E-state index contributed by atoms with van der Waals surface area (Å²) in [6.07, 6.45) is 0. The Kier molecular flexibility index (Phi) is 6.36. The molecule has 8 aromatic rings. The van der Waals surface area contributed by atoms with Gasteiger partial charge in [0.25, 0.3) is 0 Å². The molecule has 232 valence electrons. The lowest BCUT2D eigenvalue weighted by atomic mass is 9.67. The van der Waals surface area contributed by atoms with Gasteiger partial charge in [0.05, 0.1) is 17.0 Å². The number of aromatic nitrogens is 3. The molecule has 0 amide bonds. The highest BCUT2D eigenvalue weighted by Gasteiger charge is 2.50. The molecule has 1 unspecified atom stereocenters. The van der Waals surface area contributed by atoms with Crippen LogP contribution in [0.15, 0.2) is 168 Å². The smallest absolute Gasteiger partial charge is 0.164 e. The van der Waals surface area contributed by atoms with Crippen LogP contribution in [0.1, 0.15) is 27.8 Å². The predicted octanol–water partition coefficient (Wildman–Crippen LogP) is 10.7. The largest absolute Gasteiger partial charge is 0.208 e. The zero-order valence-corrected chi connectivity index (χ0v) is 27.5. The van der Waals surface area contributed by atoms with Crippen LogP contribution in [0.4, 0.5) is 0 Å². The minimum absolute atomic E-state index is 0.575. The van der Waals surface area contributed by atoms with Crippen LogP contribution >= 0.6 is 11.8 Å². The maximum absolute atomic E-state index is 10.0. The van der Waals surface area contributed by atoms with Gasteiger partial charge < -0.3 is 0 Å². The van der Waals surface area contributed by atoms with Gasteiger partial charge in [-0.05, 0) is 86.6 Å². The molecular weight excluding hydrogens is 629 g/mol. The Morgan fingerprint density at radius 3 is 1.78 bits per heavy atom. The Balaban J connectivity index is 1.23. The van der Waals surface area contributed by atoms with Crippen LogP contribution < -0.4 is 0 Å². The van der Waals surface area contributed by atoms with Crippen molar-refractivity contribution >= 4 is 22.5 Å². The quantitative estimate of drug-likeness (QED) is 0.190. The van der Waals surface area contributed by atoms with E-state index < -0.39 is 5.41 Å². The van der Waals surface area contributed by atoms with E-state index in [1.165, 1.54) is 37.6 Å². The van der Waals surface area contributed by atoms with Crippen LogP contribution in [0.5, 0.6) is 0 Å². The molecule has 0 saturated heterocycles. The van der Waals surface area contributed by atoms with E-state index in [0.29, 0.717) is 23.0 Å². The summed E-state index contributed by atoms with van der Waals surface area (Å²) in [5.74, 6) is 1.90. The fourth-order valence-corrected chi connectivity index (χ4v) is 8.96. The van der Waals surface area contributed by atoms with Gasteiger partial charge in [0.1, 0.15) is 0 Å². The van der Waals surface area contributed by atoms with E-state index in [1.807, 2.05) is 66.7 Å². The average molecular weight is 655 g/mol. The first kappa shape index (κ1) is 28.6. The number of rotatable bonds is 3. The summed E-state index contributed by atoms with van der Waals surface area (Å²) < 4.78 is 0. The fraction of sp³-hybridized carbons (Fsp3) is 0.0222. The first-order valence-corrected chi connectivity index (χ1v) is 17.4. The number of nitriles is 1. The Hall–Kier alpha value is -6.35. The summed E-state index contributed by atoms with van der Waals surface area (Å²) in [5, 5.41) is 12.3. The molecule has 1 atom stereocenters. The van der Waals surface area contributed by atoms with Crippen molar-refractivity contribution in [2.75, 3.05) is 0 Å². The zero-order valence-electron chi connectivity index (χ0n) is 26.7. The lowest BCUT2D eigenvalue weighted by Gasteiger charge is -2.39. The number of nitrogens with zero attached hydrogens (tertiary/aromatic N) is 4. The second-order valence-corrected chi connectivity index (χ2v) is 13.8. The second kappa shape index (κ2) is 11.1. The molecule has 4 nitrogen and oxygen atoms in total. The van der Waals surface area contributed by atoms with Crippen LogP contribution in [0.2, 0.25) is 0 Å². The van der Waals surface area contributed by atoms with Crippen LogP contribution in [-0.4, -0.2) is 15.0 Å². The molecule has 1 aliphatic heterocycles. The van der Waals surface area contributed by atoms with E-state index in [-0.39, 0.29) is 0 Å². The van der Waals surface area contributed by atoms with E-state index in [4.69, 9.17) is 15.0 Å². The molecule has 1 spiro atoms. The van der Waals surface area contributed by atoms with E-state index >= 15 is 0 Å². The molecule has 10 rings (SSSR count). The van der Waals surface area contributed by atoms with Crippen LogP contribution in [0.3, 0.4) is 0 Å². The summed E-state index contributed by atoms with van der Waals surface area (Å²) in [6, 6.07) is 57.4. The van der Waals surface area contributed by atoms with Crippen molar-refractivity contribution in [3.63, 3.8) is 0 Å². The molecular formula is C45H26N4S. The zero-order chi connectivity index (χ0) is 33.2. The Labute approximate surface area is 293 Å². The van der Waals surface area contributed by atoms with Crippen molar-refractivity contribution in [1.82, 2.24) is 15.0 Å². The predicted molar refractivity (Wildman–Crippen MR) is 200 cm³/mol. The van der Waals surface area contributed by atoms with E-state index in [1.54, 1.807) is 11.8 Å². The Bertz CT molecular complexity index is 2640. The van der Waals surface area contributed by atoms with Crippen molar-refractivity contribution in [3.8, 4) is 51.4 Å². The maximum Gasteiger partial charge on any atom is 0.164 e. The molecule has 7 aromatic carbocycles. The molecule has 2 heterocycles. The monoisotopic (exact) mass is 654 g/mol. The summed E-state index contributed by atoms with van der Waals surface area (Å²) >= 11 is 1.78. The fourth-order valence-electron chi connectivity index (χ4n) is 7.79. The van der Waals surface area contributed by atoms with Gasteiger partial charge in [0, 0.05) is 26.5 Å². The average Bonchev–Trinajstić information content (AvgIpc) is 3.46. The van der Waals surface area contributed by atoms with E-state index in [2.05, 4.69) is 97.1 Å². The van der Waals surface area contributed by atoms with Crippen LogP contribution in [0, 0.1) is 11.3 Å². The van der Waals surface area contributed by atoms with Crippen molar-refractivity contribution in [2.45, 2.75) is 15.2 Å². The minimum Gasteiger partial charge on any atom is -0.208 e. The first-order chi connectivity index (χ1) is 24.7. The lowest BCUT2D eigenvalue weighted by molar-refractivity contribution is 0.723. The van der Waals surface area contributed by atoms with Gasteiger partial charge in [0.2, 0.25) is 0 Å². The third-order valence-corrected chi connectivity index (χ3v) is 11.1. The lowest BCUT2D eigenvalue weighted by Crippen LogP contribution is -2.32. The highest BCUT2D eigenvalue weighted by atomic mass is 32.2. The van der Waals surface area contributed by atoms with Crippen molar-refractivity contribution in [1.29, 1.82) is 5.26 Å². The number of fused-ring (bicyclic) bond motifs is 10. The normalized spacial score (nSPS) is 15.2. The number of hydrogen-bond donors (Lipinski definition) is 0. The van der Waals surface area contributed by atoms with Crippen molar-refractivity contribution in [3.05, 3.63) is 186 Å². The molecule has 2 aliphatic rings. The van der Waals surface area contributed by atoms with Gasteiger partial charge in [-0.3, -0.25) is 0 Å². The van der Waals surface area contributed by atoms with Gasteiger partial charge in [-0.2, -0.15) is 5.26 Å². The third kappa shape index (κ3) is 4.22. The topological polar surface area (TPSA) is 62.5 Å². The minimum atomic E-state index is -0.575. The molecule has 0 radical (unpaired) electrons. The van der Waals surface area contributed by atoms with E-state index in [9.17, 15) is 5.26 Å². The Morgan fingerprint density at radius 1 is 0.440 bits per heavy atom. The molecule has 0 saturated carbocycles. The van der Waals surface area contributed by atoms with Gasteiger partial charge >= 0.3 is 0 Å². The number of hydrogen-bond acceptors (Lipinski definition) is 5. The Morgan fingerprint density at radius 2 is 1.06 bits per heavy atom. The van der Waals surface area contributed by atoms with Crippen molar-refractivity contribution in [2.24, 2.45) is 0 Å². The van der Waals surface area contributed by atoms with Crippen LogP contribution in [-0.2, 0) is 5.41 Å². The summed E-state index contributed by atoms with van der Waals surface area (Å²) in [5.41, 5.74) is 10.2. The van der Waals surface area contributed by atoms with Crippen LogP contribution in [0.25, 0.3) is 56.1 Å². The van der Waals surface area contributed by atoms with Gasteiger partial charge in [-0.1, -0.05) is 127 Å². The first-order valence-electron chi connectivity index (χ1n) is 16.6. The standard InChI is InChI=1S/C45H26N4S/c46-27-28-19-22-41-39(23-28)45(37-17-9-10-18-40(37)50-41)36-16-8-7-15-34(36)35-25-31-20-21-32(24-33(31)26-38(35)45)44-48-42(29-11-3-1-4-12-29)47-43(49-44)30-13-5-2-6-14-30/h1-26H. The highest BCUT2D eigenvalue weighted by molar-refractivity contribution is 7.99. The van der Waals surface area contributed by atoms with Gasteiger partial charge in [-0.15, -0.1) is 0 Å². The van der Waals surface area contributed by atoms with E-state index in [0.717, 1.165) is 33.0 Å². The third-order valence-electron chi connectivity index (χ3n) is 9.98. The summed E-state index contributed by atoms with van der Waals surface area (Å²) in [4.78, 5) is 17.3. The SMILES string of the molecule is N#Cc1ccc2c(c1)C1(c3ccccc3S2)c2ccccc2-c2cc3ccc(-c4nc(-c5ccccc5)nc(-c5ccccc5)n4)cc3cc21. The molecule has 0 N–H and O–H groups in total. The van der Waals surface area contributed by atoms with Crippen molar-refractivity contribution < 1.29 is 0 Å². The van der Waals surface area contributed by atoms with Gasteiger partial charge in [0.15, 0.2) is 17.5 Å². The number of benzene rings is 7. The molecule has 50 heavy (non-hydrogen) atoms. The molecule has 1 aromatic heterocycles. The summed E-state index contributed by atoms with van der Waals surface area (Å²) in [6.45, 7) is 0. The molecule has 0 fully saturated rings. The highest BCUT2D eigenvalue weighted by Crippen LogP contribution is 2.62. The molecule has 0 bridgehead atoms. The van der Waals surface area contributed by atoms with Gasteiger partial charge in [-0.25, -0.2) is 15.0 Å². The maximum atomic E-state index is 10.0. The summed E-state index contributed by atoms with van der Waals surface area (Å²) in [7, 11) is 0. The molecule has 1 aliphatic carbocycles.